The van der Waals surface area contributed by atoms with Gasteiger partial charge in [0.05, 0.1) is 12.7 Å². The van der Waals surface area contributed by atoms with Crippen LogP contribution in [0.2, 0.25) is 0 Å². The number of nitrogens with two attached hydrogens (primary N) is 2. The number of primary amides is 1. The fraction of sp³-hybridized carbons (Fsp3) is 0.375. The molecule has 5 N–H and O–H groups in total. The molecule has 10 heteroatoms. The Labute approximate surface area is 201 Å². The fourth-order valence-electron chi connectivity index (χ4n) is 2.63. The van der Waals surface area contributed by atoms with Gasteiger partial charge in [0, 0.05) is 31.9 Å². The molecule has 3 rings (SSSR count). The predicted molar refractivity (Wildman–Crippen MR) is 132 cm³/mol. The zero-order valence-corrected chi connectivity index (χ0v) is 20.3. The molecule has 2 aromatic carbocycles. The van der Waals surface area contributed by atoms with Crippen molar-refractivity contribution in [3.8, 4) is 17.2 Å². The molecule has 0 aliphatic carbocycles. The molecule has 0 aromatic heterocycles. The molecule has 0 unspecified atom stereocenters. The number of carbonyl (C=O) groups is 3. The van der Waals surface area contributed by atoms with Crippen LogP contribution in [0, 0.1) is 6.92 Å². The first kappa shape index (κ1) is 30.4. The molecular formula is C24H36N4O6. The van der Waals surface area contributed by atoms with Crippen molar-refractivity contribution in [3.63, 3.8) is 0 Å². The number of hydrogen-bond acceptors (Lipinski definition) is 9. The van der Waals surface area contributed by atoms with E-state index in [0.717, 1.165) is 11.3 Å². The van der Waals surface area contributed by atoms with E-state index in [4.69, 9.17) is 25.1 Å². The van der Waals surface area contributed by atoms with Crippen molar-refractivity contribution >= 4 is 24.7 Å². The normalized spacial score (nSPS) is 12.8. The molecule has 10 nitrogen and oxygen atoms in total. The molecule has 0 saturated carbocycles. The third-order valence-corrected chi connectivity index (χ3v) is 4.64. The number of anilines is 1. The third-order valence-electron chi connectivity index (χ3n) is 4.64. The molecule has 34 heavy (non-hydrogen) atoms. The number of amides is 1. The Balaban J connectivity index is 0.000000461. The SMILES string of the molecule is CN1CCN(C)CC1.COc1c(O)cccc1C=O.Cc1cc(OCC=O)ccc1N.NC=O. The summed E-state index contributed by atoms with van der Waals surface area (Å²) in [6, 6.07) is 9.93. The number of ether oxygens (including phenoxy) is 2. The summed E-state index contributed by atoms with van der Waals surface area (Å²) in [4.78, 5) is 33.6. The average molecular weight is 477 g/mol. The first-order valence-electron chi connectivity index (χ1n) is 10.5. The molecule has 1 fully saturated rings. The van der Waals surface area contributed by atoms with E-state index in [9.17, 15) is 9.59 Å². The van der Waals surface area contributed by atoms with Gasteiger partial charge >= 0.3 is 0 Å². The summed E-state index contributed by atoms with van der Waals surface area (Å²) >= 11 is 0. The first-order chi connectivity index (χ1) is 16.2. The number of phenols is 1. The van der Waals surface area contributed by atoms with Crippen LogP contribution in [-0.4, -0.2) is 87.9 Å². The van der Waals surface area contributed by atoms with Crippen LogP contribution in [0.3, 0.4) is 0 Å². The smallest absolute Gasteiger partial charge is 0.204 e. The van der Waals surface area contributed by atoms with E-state index in [0.29, 0.717) is 23.9 Å². The molecule has 1 amide bonds. The topological polar surface area (TPSA) is 148 Å². The van der Waals surface area contributed by atoms with E-state index >= 15 is 0 Å². The van der Waals surface area contributed by atoms with Crippen LogP contribution in [0.4, 0.5) is 5.69 Å². The second-order valence-electron chi connectivity index (χ2n) is 7.26. The van der Waals surface area contributed by atoms with Crippen molar-refractivity contribution in [2.45, 2.75) is 6.92 Å². The van der Waals surface area contributed by atoms with Gasteiger partial charge in [-0.15, -0.1) is 0 Å². The number of aldehydes is 2. The van der Waals surface area contributed by atoms with Crippen LogP contribution in [0.25, 0.3) is 0 Å². The monoisotopic (exact) mass is 476 g/mol. The summed E-state index contributed by atoms with van der Waals surface area (Å²) < 4.78 is 9.85. The number of phenolic OH excluding ortho intramolecular Hbond substituents is 1. The van der Waals surface area contributed by atoms with Gasteiger partial charge in [-0.2, -0.15) is 0 Å². The number of likely N-dealkylation sites (N-methyl/N-ethyl adjacent to an activating group) is 2. The second kappa shape index (κ2) is 17.9. The van der Waals surface area contributed by atoms with Gasteiger partial charge in [0.25, 0.3) is 0 Å². The molecule has 1 aliphatic rings. The highest BCUT2D eigenvalue weighted by Crippen LogP contribution is 2.27. The lowest BCUT2D eigenvalue weighted by atomic mass is 10.2. The van der Waals surface area contributed by atoms with Gasteiger partial charge in [0.15, 0.2) is 24.1 Å². The molecule has 1 saturated heterocycles. The fourth-order valence-corrected chi connectivity index (χ4v) is 2.63. The maximum atomic E-state index is 10.3. The van der Waals surface area contributed by atoms with Crippen LogP contribution in [0.15, 0.2) is 36.4 Å². The highest BCUT2D eigenvalue weighted by atomic mass is 16.5. The van der Waals surface area contributed by atoms with Gasteiger partial charge in [-0.05, 0) is 56.9 Å². The minimum atomic E-state index is -0.0166. The molecular weight excluding hydrogens is 440 g/mol. The Morgan fingerprint density at radius 2 is 1.59 bits per heavy atom. The predicted octanol–water partition coefficient (Wildman–Crippen LogP) is 1.33. The summed E-state index contributed by atoms with van der Waals surface area (Å²) in [5, 5.41) is 9.14. The Morgan fingerprint density at radius 1 is 1.03 bits per heavy atom. The van der Waals surface area contributed by atoms with Gasteiger partial charge in [-0.1, -0.05) is 6.07 Å². The number of para-hydroxylation sites is 1. The molecule has 1 aliphatic heterocycles. The van der Waals surface area contributed by atoms with Crippen LogP contribution >= 0.6 is 0 Å². The van der Waals surface area contributed by atoms with E-state index in [1.165, 1.54) is 39.4 Å². The lowest BCUT2D eigenvalue weighted by Gasteiger charge is -2.28. The molecule has 188 valence electrons. The van der Waals surface area contributed by atoms with Crippen LogP contribution in [0.5, 0.6) is 17.2 Å². The van der Waals surface area contributed by atoms with E-state index in [2.05, 4.69) is 29.6 Å². The Kier molecular flexibility index (Phi) is 16.0. The van der Waals surface area contributed by atoms with Gasteiger partial charge < -0.3 is 35.8 Å². The molecule has 0 spiro atoms. The molecule has 0 atom stereocenters. The number of carbonyl (C=O) groups excluding carboxylic acids is 3. The van der Waals surface area contributed by atoms with Crippen molar-refractivity contribution < 1.29 is 29.0 Å². The lowest BCUT2D eigenvalue weighted by Crippen LogP contribution is -2.42. The first-order valence-corrected chi connectivity index (χ1v) is 10.5. The van der Waals surface area contributed by atoms with Crippen LogP contribution in [-0.2, 0) is 9.59 Å². The van der Waals surface area contributed by atoms with E-state index < -0.39 is 0 Å². The molecule has 1 heterocycles. The number of methoxy groups -OCH3 is 1. The van der Waals surface area contributed by atoms with E-state index in [-0.39, 0.29) is 24.5 Å². The highest BCUT2D eigenvalue weighted by molar-refractivity contribution is 5.80. The number of nitrogens with zero attached hydrogens (tertiary/aromatic N) is 2. The number of benzene rings is 2. The van der Waals surface area contributed by atoms with Gasteiger partial charge in [0.1, 0.15) is 12.4 Å². The van der Waals surface area contributed by atoms with Crippen molar-refractivity contribution in [3.05, 3.63) is 47.5 Å². The second-order valence-corrected chi connectivity index (χ2v) is 7.26. The summed E-state index contributed by atoms with van der Waals surface area (Å²) in [6.07, 6.45) is 1.60. The van der Waals surface area contributed by atoms with Crippen molar-refractivity contribution in [2.75, 3.05) is 59.7 Å². The average Bonchev–Trinajstić information content (AvgIpc) is 2.83. The highest BCUT2D eigenvalue weighted by Gasteiger charge is 2.08. The van der Waals surface area contributed by atoms with Crippen molar-refractivity contribution in [1.29, 1.82) is 0 Å². The van der Waals surface area contributed by atoms with E-state index in [1.54, 1.807) is 30.3 Å². The molecule has 0 radical (unpaired) electrons. The van der Waals surface area contributed by atoms with Crippen molar-refractivity contribution in [2.24, 2.45) is 5.73 Å². The standard InChI is InChI=1S/C9H11NO2.C8H8O3.C6H14N2.CH3NO/c1-7-6-8(12-5-4-11)2-3-9(7)10;1-11-8-6(5-9)3-2-4-7(8)10;1-7-3-5-8(2)6-4-7;2-1-3/h2-4,6H,5,10H2,1H3;2-5,10H,1H3;3-6H2,1-2H3;1H,(H2,2,3). The van der Waals surface area contributed by atoms with Gasteiger partial charge in [-0.3, -0.25) is 14.4 Å². The van der Waals surface area contributed by atoms with Crippen LogP contribution < -0.4 is 20.9 Å². The third kappa shape index (κ3) is 12.4. The zero-order chi connectivity index (χ0) is 25.9. The molecule has 0 bridgehead atoms. The lowest BCUT2D eigenvalue weighted by molar-refractivity contribution is -0.109. The number of rotatable bonds is 5. The maximum Gasteiger partial charge on any atom is 0.204 e. The quantitative estimate of drug-likeness (QED) is 0.429. The summed E-state index contributed by atoms with van der Waals surface area (Å²) in [5.74, 6) is 0.883. The Bertz CT molecular complexity index is 861. The summed E-state index contributed by atoms with van der Waals surface area (Å²) in [6.45, 7) is 6.91. The number of hydrogen-bond donors (Lipinski definition) is 3. The number of aromatic hydroxyl groups is 1. The van der Waals surface area contributed by atoms with Gasteiger partial charge in [-0.25, -0.2) is 0 Å². The zero-order valence-electron chi connectivity index (χ0n) is 20.3. The van der Waals surface area contributed by atoms with E-state index in [1.807, 2.05) is 6.92 Å². The number of nitrogen functional groups attached to an aromatic ring is 1. The Hall–Kier alpha value is -3.63. The number of piperazine rings is 1. The maximum absolute atomic E-state index is 10.3. The minimum absolute atomic E-state index is 0.0166. The molecule has 2 aromatic rings. The minimum Gasteiger partial charge on any atom is -0.504 e. The number of aryl methyl sites for hydroxylation is 1. The summed E-state index contributed by atoms with van der Waals surface area (Å²) in [5.41, 5.74) is 11.8. The van der Waals surface area contributed by atoms with Crippen LogP contribution in [0.1, 0.15) is 15.9 Å². The van der Waals surface area contributed by atoms with Crippen molar-refractivity contribution in [1.82, 2.24) is 9.80 Å². The summed E-state index contributed by atoms with van der Waals surface area (Å²) in [7, 11) is 5.75. The largest absolute Gasteiger partial charge is 0.504 e. The van der Waals surface area contributed by atoms with Gasteiger partial charge in [0.2, 0.25) is 6.41 Å². The Morgan fingerprint density at radius 3 is 2.00 bits per heavy atom.